The molecular formula is C31H33N7O6. The molecule has 0 aliphatic carbocycles. The highest BCUT2D eigenvalue weighted by molar-refractivity contribution is 5.97. The molecule has 3 amide bonds. The molecule has 0 bridgehead atoms. The molecule has 5 rings (SSSR count). The van der Waals surface area contributed by atoms with Gasteiger partial charge in [-0.2, -0.15) is 0 Å². The van der Waals surface area contributed by atoms with Crippen LogP contribution in [0.3, 0.4) is 0 Å². The monoisotopic (exact) mass is 599 g/mol. The number of morpholine rings is 1. The highest BCUT2D eigenvalue weighted by atomic mass is 16.5. The lowest BCUT2D eigenvalue weighted by atomic mass is 10.00. The third-order valence-electron chi connectivity index (χ3n) is 7.50. The van der Waals surface area contributed by atoms with Crippen LogP contribution in [0.15, 0.2) is 78.9 Å². The zero-order chi connectivity index (χ0) is 30.9. The Bertz CT molecular complexity index is 1550. The summed E-state index contributed by atoms with van der Waals surface area (Å²) in [6, 6.07) is 23.6. The molecule has 1 aromatic heterocycles. The standard InChI is InChI=1S/C31H33N7O6/c1-43-30(40)33-26(17-20-11-13-22(14-12-20)21-7-3-2-4-8-21)29(39)32-25-10-6-5-9-23(25)15-16-24-18-38(31(41)42)27(19-44-24)28-34-36-37-35-28/h2-14,24,26-27H,15-19H2,1H3,(H,32,39)(H,33,40)(H,41,42)(H,34,35,36,37)/t24-,26+,27+/m1/s1. The minimum atomic E-state index is -1.09. The molecule has 4 N–H and O–H groups in total. The summed E-state index contributed by atoms with van der Waals surface area (Å²) in [7, 11) is 1.25. The molecular weight excluding hydrogens is 566 g/mol. The summed E-state index contributed by atoms with van der Waals surface area (Å²) in [6.07, 6.45) is -0.896. The first-order valence-electron chi connectivity index (χ1n) is 14.1. The molecule has 1 aliphatic heterocycles. The van der Waals surface area contributed by atoms with Crippen LogP contribution in [-0.2, 0) is 27.1 Å². The van der Waals surface area contributed by atoms with Gasteiger partial charge in [0.1, 0.15) is 12.1 Å². The molecule has 13 heteroatoms. The molecule has 3 atom stereocenters. The van der Waals surface area contributed by atoms with E-state index < -0.39 is 30.2 Å². The van der Waals surface area contributed by atoms with Crippen molar-refractivity contribution in [2.75, 3.05) is 25.6 Å². The van der Waals surface area contributed by atoms with Gasteiger partial charge in [0.15, 0.2) is 5.82 Å². The largest absolute Gasteiger partial charge is 0.465 e. The van der Waals surface area contributed by atoms with E-state index in [1.807, 2.05) is 72.8 Å². The molecule has 0 saturated carbocycles. The Morgan fingerprint density at radius 2 is 1.77 bits per heavy atom. The van der Waals surface area contributed by atoms with Gasteiger partial charge in [-0.3, -0.25) is 9.69 Å². The van der Waals surface area contributed by atoms with Crippen LogP contribution in [0, 0.1) is 0 Å². The van der Waals surface area contributed by atoms with Gasteiger partial charge in [-0.25, -0.2) is 14.7 Å². The van der Waals surface area contributed by atoms with Crippen molar-refractivity contribution in [1.82, 2.24) is 30.8 Å². The summed E-state index contributed by atoms with van der Waals surface area (Å²) in [5, 5.41) is 28.9. The van der Waals surface area contributed by atoms with E-state index in [1.54, 1.807) is 6.07 Å². The number of amides is 3. The van der Waals surface area contributed by atoms with Crippen LogP contribution in [0.4, 0.5) is 15.3 Å². The second-order valence-electron chi connectivity index (χ2n) is 10.3. The van der Waals surface area contributed by atoms with Gasteiger partial charge in [0.05, 0.1) is 26.4 Å². The molecule has 1 saturated heterocycles. The lowest BCUT2D eigenvalue weighted by Gasteiger charge is -2.36. The molecule has 44 heavy (non-hydrogen) atoms. The highest BCUT2D eigenvalue weighted by Gasteiger charge is 2.35. The van der Waals surface area contributed by atoms with E-state index in [4.69, 9.17) is 9.47 Å². The first-order chi connectivity index (χ1) is 21.4. The number of hydrogen-bond donors (Lipinski definition) is 4. The average molecular weight is 600 g/mol. The second kappa shape index (κ2) is 14.2. The van der Waals surface area contributed by atoms with E-state index in [1.165, 1.54) is 12.0 Å². The number of methoxy groups -OCH3 is 1. The van der Waals surface area contributed by atoms with E-state index in [0.29, 0.717) is 24.4 Å². The Hall–Kier alpha value is -5.30. The Balaban J connectivity index is 1.23. The summed E-state index contributed by atoms with van der Waals surface area (Å²) >= 11 is 0. The van der Waals surface area contributed by atoms with Crippen LogP contribution in [0.1, 0.15) is 29.4 Å². The number of aryl methyl sites for hydroxylation is 1. The van der Waals surface area contributed by atoms with Gasteiger partial charge in [0, 0.05) is 12.1 Å². The van der Waals surface area contributed by atoms with Gasteiger partial charge in [-0.1, -0.05) is 72.8 Å². The van der Waals surface area contributed by atoms with Crippen LogP contribution in [0.5, 0.6) is 0 Å². The average Bonchev–Trinajstić information content (AvgIpc) is 3.59. The number of nitrogens with zero attached hydrogens (tertiary/aromatic N) is 4. The lowest BCUT2D eigenvalue weighted by molar-refractivity contribution is -0.118. The number of hydrogen-bond acceptors (Lipinski definition) is 8. The van der Waals surface area contributed by atoms with Crippen molar-refractivity contribution in [2.24, 2.45) is 0 Å². The van der Waals surface area contributed by atoms with Crippen molar-refractivity contribution in [3.63, 3.8) is 0 Å². The number of carboxylic acid groups (broad SMARTS) is 1. The fraction of sp³-hybridized carbons (Fsp3) is 0.290. The summed E-state index contributed by atoms with van der Waals surface area (Å²) in [5.74, 6) is -0.0781. The van der Waals surface area contributed by atoms with E-state index in [0.717, 1.165) is 22.3 Å². The molecule has 1 aliphatic rings. The Labute approximate surface area is 253 Å². The Morgan fingerprint density at radius 3 is 2.48 bits per heavy atom. The predicted molar refractivity (Wildman–Crippen MR) is 160 cm³/mol. The molecule has 13 nitrogen and oxygen atoms in total. The fourth-order valence-electron chi connectivity index (χ4n) is 5.14. The maximum absolute atomic E-state index is 13.5. The van der Waals surface area contributed by atoms with Gasteiger partial charge in [0.25, 0.3) is 0 Å². The van der Waals surface area contributed by atoms with Gasteiger partial charge < -0.3 is 25.2 Å². The number of rotatable bonds is 10. The third kappa shape index (κ3) is 7.55. The molecule has 228 valence electrons. The topological polar surface area (TPSA) is 172 Å². The number of carbonyl (C=O) groups is 3. The molecule has 0 radical (unpaired) electrons. The summed E-state index contributed by atoms with van der Waals surface area (Å²) in [5.41, 5.74) is 4.43. The maximum atomic E-state index is 13.5. The first-order valence-corrected chi connectivity index (χ1v) is 14.1. The van der Waals surface area contributed by atoms with Gasteiger partial charge in [0.2, 0.25) is 5.91 Å². The second-order valence-corrected chi connectivity index (χ2v) is 10.3. The van der Waals surface area contributed by atoms with Crippen molar-refractivity contribution in [2.45, 2.75) is 37.5 Å². The predicted octanol–water partition coefficient (Wildman–Crippen LogP) is 3.83. The van der Waals surface area contributed by atoms with Crippen molar-refractivity contribution < 1.29 is 29.0 Å². The van der Waals surface area contributed by atoms with Gasteiger partial charge in [-0.05, 0) is 51.6 Å². The van der Waals surface area contributed by atoms with Crippen molar-refractivity contribution in [1.29, 1.82) is 0 Å². The summed E-state index contributed by atoms with van der Waals surface area (Å²) < 4.78 is 10.7. The number of alkyl carbamates (subject to hydrolysis) is 1. The minimum absolute atomic E-state index is 0.111. The molecule has 3 aromatic carbocycles. The highest BCUT2D eigenvalue weighted by Crippen LogP contribution is 2.27. The fourth-order valence-corrected chi connectivity index (χ4v) is 5.14. The zero-order valence-corrected chi connectivity index (χ0v) is 24.1. The number of aromatic amines is 1. The number of aromatic nitrogens is 4. The van der Waals surface area contributed by atoms with Crippen molar-refractivity contribution in [3.05, 3.63) is 95.8 Å². The SMILES string of the molecule is COC(=O)N[C@@H](Cc1ccc(-c2ccccc2)cc1)C(=O)Nc1ccccc1CC[C@@H]1CN(C(=O)O)[C@H](c2nnn[nH]2)CO1. The van der Waals surface area contributed by atoms with E-state index >= 15 is 0 Å². The van der Waals surface area contributed by atoms with Gasteiger partial charge >= 0.3 is 12.2 Å². The summed E-state index contributed by atoms with van der Waals surface area (Å²) in [6.45, 7) is 0.253. The normalized spacial score (nSPS) is 17.0. The molecule has 0 unspecified atom stereocenters. The molecule has 4 aromatic rings. The quantitative estimate of drug-likeness (QED) is 0.211. The number of carbonyl (C=O) groups excluding carboxylic acids is 2. The summed E-state index contributed by atoms with van der Waals surface area (Å²) in [4.78, 5) is 38.8. The maximum Gasteiger partial charge on any atom is 0.408 e. The number of ether oxygens (including phenoxy) is 2. The van der Waals surface area contributed by atoms with E-state index in [-0.39, 0.29) is 25.7 Å². The zero-order valence-electron chi connectivity index (χ0n) is 24.1. The van der Waals surface area contributed by atoms with Crippen LogP contribution in [0.2, 0.25) is 0 Å². The van der Waals surface area contributed by atoms with Crippen LogP contribution in [-0.4, -0.2) is 81.1 Å². The number of anilines is 1. The molecule has 2 heterocycles. The Morgan fingerprint density at radius 1 is 1.05 bits per heavy atom. The minimum Gasteiger partial charge on any atom is -0.465 e. The van der Waals surface area contributed by atoms with Crippen LogP contribution >= 0.6 is 0 Å². The lowest BCUT2D eigenvalue weighted by Crippen LogP contribution is -2.47. The number of H-pyrrole nitrogens is 1. The first kappa shape index (κ1) is 30.2. The number of tetrazole rings is 1. The van der Waals surface area contributed by atoms with E-state index in [2.05, 4.69) is 31.3 Å². The van der Waals surface area contributed by atoms with Crippen molar-refractivity contribution >= 4 is 23.8 Å². The molecule has 1 fully saturated rings. The Kier molecular flexibility index (Phi) is 9.77. The van der Waals surface area contributed by atoms with Crippen LogP contribution < -0.4 is 10.6 Å². The van der Waals surface area contributed by atoms with Crippen molar-refractivity contribution in [3.8, 4) is 11.1 Å². The smallest absolute Gasteiger partial charge is 0.408 e. The van der Waals surface area contributed by atoms with Crippen LogP contribution in [0.25, 0.3) is 11.1 Å². The van der Waals surface area contributed by atoms with E-state index in [9.17, 15) is 19.5 Å². The number of benzene rings is 3. The number of para-hydroxylation sites is 1. The third-order valence-corrected chi connectivity index (χ3v) is 7.50. The molecule has 0 spiro atoms. The van der Waals surface area contributed by atoms with Gasteiger partial charge in [-0.15, -0.1) is 5.10 Å². The number of nitrogens with one attached hydrogen (secondary N) is 3.